The number of rotatable bonds is 6. The number of carbonyl (C=O) groups excluding carboxylic acids is 1. The van der Waals surface area contributed by atoms with Gasteiger partial charge < -0.3 is 5.32 Å². The fourth-order valence-corrected chi connectivity index (χ4v) is 3.23. The largest absolute Gasteiger partial charge is 0.326 e. The van der Waals surface area contributed by atoms with E-state index in [0.717, 1.165) is 24.0 Å². The van der Waals surface area contributed by atoms with E-state index < -0.39 is 10.0 Å². The van der Waals surface area contributed by atoms with E-state index >= 15 is 0 Å². The number of hydrogen-bond donors (Lipinski definition) is 2. The van der Waals surface area contributed by atoms with Gasteiger partial charge >= 0.3 is 0 Å². The second kappa shape index (κ2) is 7.29. The quantitative estimate of drug-likeness (QED) is 0.604. The number of amides is 1. The fourth-order valence-electron chi connectivity index (χ4n) is 2.38. The minimum absolute atomic E-state index is 0.0248. The van der Waals surface area contributed by atoms with Gasteiger partial charge in [-0.05, 0) is 56.5 Å². The molecule has 26 heavy (non-hydrogen) atoms. The molecule has 0 heterocycles. The van der Waals surface area contributed by atoms with E-state index in [1.54, 1.807) is 37.3 Å². The summed E-state index contributed by atoms with van der Waals surface area (Å²) in [4.78, 5) is 14.3. The van der Waals surface area contributed by atoms with Crippen LogP contribution in [0.2, 0.25) is 0 Å². The predicted octanol–water partition coefficient (Wildman–Crippen LogP) is 3.05. The molecule has 1 aliphatic rings. The summed E-state index contributed by atoms with van der Waals surface area (Å²) in [6.45, 7) is 3.60. The second-order valence-electron chi connectivity index (χ2n) is 6.45. The standard InChI is InChI=1S/C19H21N3O3S/c1-13-6-10-18(11-7-13)26(24,25)22-21-14(2)16-4-3-5-17(12-16)20-19(23)15-8-9-15/h3-7,10-12,15,22H,8-9H2,1-2H3,(H,20,23)/b21-14+. The van der Waals surface area contributed by atoms with Gasteiger partial charge in [0.15, 0.2) is 0 Å². The van der Waals surface area contributed by atoms with Gasteiger partial charge in [0.2, 0.25) is 5.91 Å². The lowest BCUT2D eigenvalue weighted by Gasteiger charge is -2.08. The molecular weight excluding hydrogens is 350 g/mol. The lowest BCUT2D eigenvalue weighted by Crippen LogP contribution is -2.20. The van der Waals surface area contributed by atoms with Gasteiger partial charge in [0.25, 0.3) is 10.0 Å². The molecule has 0 bridgehead atoms. The molecule has 6 nitrogen and oxygen atoms in total. The Morgan fingerprint density at radius 1 is 1.12 bits per heavy atom. The van der Waals surface area contributed by atoms with Gasteiger partial charge in [-0.15, -0.1) is 0 Å². The van der Waals surface area contributed by atoms with Crippen LogP contribution in [0.1, 0.15) is 30.9 Å². The average Bonchev–Trinajstić information content (AvgIpc) is 3.45. The molecule has 2 aromatic carbocycles. The zero-order valence-corrected chi connectivity index (χ0v) is 15.5. The van der Waals surface area contributed by atoms with Crippen LogP contribution in [0, 0.1) is 12.8 Å². The Balaban J connectivity index is 1.72. The van der Waals surface area contributed by atoms with Crippen LogP contribution in [-0.2, 0) is 14.8 Å². The molecule has 2 aromatic rings. The van der Waals surface area contributed by atoms with Crippen molar-refractivity contribution in [2.45, 2.75) is 31.6 Å². The van der Waals surface area contributed by atoms with E-state index in [4.69, 9.17) is 0 Å². The van der Waals surface area contributed by atoms with Gasteiger partial charge in [0, 0.05) is 11.6 Å². The van der Waals surface area contributed by atoms with E-state index in [1.807, 2.05) is 13.0 Å². The smallest absolute Gasteiger partial charge is 0.276 e. The Hall–Kier alpha value is -2.67. The molecule has 0 atom stereocenters. The van der Waals surface area contributed by atoms with E-state index in [9.17, 15) is 13.2 Å². The van der Waals surface area contributed by atoms with E-state index in [2.05, 4.69) is 15.2 Å². The molecule has 0 radical (unpaired) electrons. The topological polar surface area (TPSA) is 87.6 Å². The molecule has 1 saturated carbocycles. The third-order valence-electron chi connectivity index (χ3n) is 4.16. The number of nitrogens with one attached hydrogen (secondary N) is 2. The second-order valence-corrected chi connectivity index (χ2v) is 8.11. The fraction of sp³-hybridized carbons (Fsp3) is 0.263. The molecule has 0 unspecified atom stereocenters. The Bertz CT molecular complexity index is 946. The van der Waals surface area contributed by atoms with Crippen molar-refractivity contribution >= 4 is 27.3 Å². The van der Waals surface area contributed by atoms with Gasteiger partial charge in [-0.3, -0.25) is 4.79 Å². The highest BCUT2D eigenvalue weighted by Crippen LogP contribution is 2.30. The van der Waals surface area contributed by atoms with E-state index in [0.29, 0.717) is 11.4 Å². The summed E-state index contributed by atoms with van der Waals surface area (Å²) >= 11 is 0. The number of benzene rings is 2. The summed E-state index contributed by atoms with van der Waals surface area (Å²) in [6.07, 6.45) is 1.87. The van der Waals surface area contributed by atoms with Crippen LogP contribution >= 0.6 is 0 Å². The number of carbonyl (C=O) groups is 1. The minimum Gasteiger partial charge on any atom is -0.326 e. The van der Waals surface area contributed by atoms with Gasteiger partial charge in [-0.25, -0.2) is 0 Å². The Kier molecular flexibility index (Phi) is 5.08. The molecule has 1 amide bonds. The Morgan fingerprint density at radius 2 is 1.81 bits per heavy atom. The third-order valence-corrected chi connectivity index (χ3v) is 5.39. The maximum atomic E-state index is 12.3. The molecule has 0 aromatic heterocycles. The first-order valence-electron chi connectivity index (χ1n) is 8.39. The zero-order valence-electron chi connectivity index (χ0n) is 14.7. The summed E-state index contributed by atoms with van der Waals surface area (Å²) in [7, 11) is -3.72. The van der Waals surface area contributed by atoms with Crippen LogP contribution in [0.25, 0.3) is 0 Å². The van der Waals surface area contributed by atoms with Crippen LogP contribution in [0.4, 0.5) is 5.69 Å². The van der Waals surface area contributed by atoms with Crippen LogP contribution in [0.5, 0.6) is 0 Å². The highest BCUT2D eigenvalue weighted by Gasteiger charge is 2.29. The van der Waals surface area contributed by atoms with Crippen molar-refractivity contribution < 1.29 is 13.2 Å². The number of aryl methyl sites for hydroxylation is 1. The normalized spacial score (nSPS) is 14.8. The number of hydrazone groups is 1. The van der Waals surface area contributed by atoms with Crippen LogP contribution in [0.15, 0.2) is 58.5 Å². The van der Waals surface area contributed by atoms with Crippen LogP contribution < -0.4 is 10.1 Å². The highest BCUT2D eigenvalue weighted by molar-refractivity contribution is 7.89. The van der Waals surface area contributed by atoms with Gasteiger partial charge in [-0.1, -0.05) is 29.8 Å². The van der Waals surface area contributed by atoms with E-state index in [1.165, 1.54) is 12.1 Å². The van der Waals surface area contributed by atoms with Crippen molar-refractivity contribution in [1.29, 1.82) is 0 Å². The molecular formula is C19H21N3O3S. The molecule has 136 valence electrons. The highest BCUT2D eigenvalue weighted by atomic mass is 32.2. The van der Waals surface area contributed by atoms with Crippen molar-refractivity contribution in [3.05, 3.63) is 59.7 Å². The third kappa shape index (κ3) is 4.49. The Morgan fingerprint density at radius 3 is 2.46 bits per heavy atom. The Labute approximate surface area is 153 Å². The first kappa shape index (κ1) is 18.1. The van der Waals surface area contributed by atoms with Gasteiger partial charge in [0.05, 0.1) is 10.6 Å². The number of sulfonamides is 1. The molecule has 0 aliphatic heterocycles. The summed E-state index contributed by atoms with van der Waals surface area (Å²) in [6, 6.07) is 13.7. The van der Waals surface area contributed by atoms with Crippen molar-refractivity contribution in [1.82, 2.24) is 4.83 Å². The molecule has 2 N–H and O–H groups in total. The lowest BCUT2D eigenvalue weighted by molar-refractivity contribution is -0.117. The summed E-state index contributed by atoms with van der Waals surface area (Å²) < 4.78 is 24.6. The maximum Gasteiger partial charge on any atom is 0.276 e. The monoisotopic (exact) mass is 371 g/mol. The van der Waals surface area contributed by atoms with Crippen molar-refractivity contribution in [2.24, 2.45) is 11.0 Å². The summed E-state index contributed by atoms with van der Waals surface area (Å²) in [5.74, 6) is 0.145. The first-order chi connectivity index (χ1) is 12.3. The molecule has 0 spiro atoms. The SMILES string of the molecule is C/C(=N\NS(=O)(=O)c1ccc(C)cc1)c1cccc(NC(=O)C2CC2)c1. The van der Waals surface area contributed by atoms with Gasteiger partial charge in [0.1, 0.15) is 0 Å². The van der Waals surface area contributed by atoms with Crippen LogP contribution in [-0.4, -0.2) is 20.0 Å². The average molecular weight is 371 g/mol. The molecule has 1 fully saturated rings. The minimum atomic E-state index is -3.72. The maximum absolute atomic E-state index is 12.3. The summed E-state index contributed by atoms with van der Waals surface area (Å²) in [5, 5.41) is 6.87. The number of hydrogen-bond acceptors (Lipinski definition) is 4. The van der Waals surface area contributed by atoms with Gasteiger partial charge in [-0.2, -0.15) is 18.4 Å². The number of nitrogens with zero attached hydrogens (tertiary/aromatic N) is 1. The van der Waals surface area contributed by atoms with Crippen LogP contribution in [0.3, 0.4) is 0 Å². The zero-order chi connectivity index (χ0) is 18.7. The molecule has 0 saturated heterocycles. The lowest BCUT2D eigenvalue weighted by atomic mass is 10.1. The molecule has 3 rings (SSSR count). The van der Waals surface area contributed by atoms with Crippen molar-refractivity contribution in [2.75, 3.05) is 5.32 Å². The van der Waals surface area contributed by atoms with Crippen molar-refractivity contribution in [3.63, 3.8) is 0 Å². The predicted molar refractivity (Wildman–Crippen MR) is 102 cm³/mol. The first-order valence-corrected chi connectivity index (χ1v) is 9.87. The molecule has 1 aliphatic carbocycles. The summed E-state index contributed by atoms with van der Waals surface area (Å²) in [5.41, 5.74) is 2.89. The molecule has 7 heteroatoms. The number of anilines is 1. The van der Waals surface area contributed by atoms with E-state index in [-0.39, 0.29) is 16.7 Å². The van der Waals surface area contributed by atoms with Crippen molar-refractivity contribution in [3.8, 4) is 0 Å².